The maximum absolute atomic E-state index is 16.4. The Hall–Kier alpha value is -3.19. The molecule has 0 radical (unpaired) electrons. The summed E-state index contributed by atoms with van der Waals surface area (Å²) in [4.78, 5) is 0. The molecule has 6 rings (SSSR count). The van der Waals surface area contributed by atoms with Gasteiger partial charge in [-0.25, -0.2) is 0 Å². The van der Waals surface area contributed by atoms with Crippen LogP contribution in [-0.2, 0) is 25.0 Å². The molecule has 1 heterocycles. The first-order chi connectivity index (χ1) is 25.8. The van der Waals surface area contributed by atoms with Crippen LogP contribution in [0.2, 0.25) is 0 Å². The Labute approximate surface area is 340 Å². The van der Waals surface area contributed by atoms with Crippen LogP contribution in [0, 0.1) is 0 Å². The minimum absolute atomic E-state index is 0. The second-order valence-electron chi connectivity index (χ2n) is 16.4. The van der Waals surface area contributed by atoms with Gasteiger partial charge in [0.2, 0.25) is 0 Å². The molecule has 298 valence electrons. The zero-order valence-electron chi connectivity index (χ0n) is 32.4. The predicted octanol–water partition coefficient (Wildman–Crippen LogP) is 6.70. The summed E-state index contributed by atoms with van der Waals surface area (Å²) in [6.07, 6.45) is -18.4. The molecule has 5 aromatic rings. The molecule has 1 aliphatic rings. The van der Waals surface area contributed by atoms with Crippen molar-refractivity contribution in [2.75, 3.05) is 0 Å². The molecule has 0 aliphatic carbocycles. The zero-order valence-corrected chi connectivity index (χ0v) is 35.0. The normalized spacial score (nSPS) is 18.9. The molecule has 5 aromatic carbocycles. The van der Waals surface area contributed by atoms with Gasteiger partial charge >= 0.3 is 342 Å². The Bertz CT molecular complexity index is 2120. The van der Waals surface area contributed by atoms with E-state index in [1.54, 1.807) is 0 Å². The van der Waals surface area contributed by atoms with E-state index in [1.807, 2.05) is 41.5 Å². The van der Waals surface area contributed by atoms with Crippen molar-refractivity contribution in [2.45, 2.75) is 86.0 Å². The smallest absolute Gasteiger partial charge is 1.00 e. The van der Waals surface area contributed by atoms with E-state index in [0.717, 1.165) is 36.4 Å². The van der Waals surface area contributed by atoms with Gasteiger partial charge in [-0.15, -0.1) is 0 Å². The number of rotatable bonds is 6. The maximum atomic E-state index is 16.4. The van der Waals surface area contributed by atoms with Crippen molar-refractivity contribution >= 4 is 28.3 Å². The van der Waals surface area contributed by atoms with Crippen molar-refractivity contribution in [2.24, 2.45) is 0 Å². The quantitative estimate of drug-likeness (QED) is 0.141. The first-order valence-electron chi connectivity index (χ1n) is 17.8. The Morgan fingerprint density at radius 1 is 0.509 bits per heavy atom. The Morgan fingerprint density at radius 2 is 0.895 bits per heavy atom. The standard InChI is InChI=1S/C15H11F3O.2C10H13.C9H4F6O.Li.Sb/c16-15(17,18)14(19,13-9-5-2-6-10-13)11-12-7-3-1-4-8-12;2*1-10(2,3)9-7-5-4-6-8-9;10-8(11,12)7(16,9(13,14)15)6-4-2-1-3-5-6;;/h1-11H;2*5-8H,1-3H3;1-4H;;/q-1;;;-1;2*+1/t14-;;;;;/m0...../s1. The molecule has 1 aliphatic heterocycles. The van der Waals surface area contributed by atoms with Gasteiger partial charge in [-0.3, -0.25) is 0 Å². The molecule has 0 N–H and O–H groups in total. The summed E-state index contributed by atoms with van der Waals surface area (Å²) in [5, 5.41) is 16.0. The van der Waals surface area contributed by atoms with E-state index in [-0.39, 0.29) is 25.9 Å². The van der Waals surface area contributed by atoms with E-state index < -0.39 is 82.4 Å². The average molecular weight is 901 g/mol. The number of alkyl halides is 9. The molecular weight excluding hydrogens is 860 g/mol. The molecule has 13 heteroatoms. The Balaban J connectivity index is 0.00000620. The minimum Gasteiger partial charge on any atom is 1.00 e. The van der Waals surface area contributed by atoms with Crippen molar-refractivity contribution in [3.8, 4) is 0 Å². The number of halogens is 9. The van der Waals surface area contributed by atoms with E-state index >= 15 is 44.6 Å². The summed E-state index contributed by atoms with van der Waals surface area (Å²) >= 11 is -8.13. The largest absolute Gasteiger partial charge is 1.00 e. The van der Waals surface area contributed by atoms with Crippen molar-refractivity contribution in [1.82, 2.24) is 0 Å². The van der Waals surface area contributed by atoms with Crippen LogP contribution in [0.15, 0.2) is 133 Å². The molecule has 0 spiro atoms. The van der Waals surface area contributed by atoms with E-state index in [2.05, 4.69) is 0 Å². The van der Waals surface area contributed by atoms with Gasteiger partial charge in [-0.05, 0) is 0 Å². The van der Waals surface area contributed by atoms with Gasteiger partial charge in [0.05, 0.1) is 0 Å². The Kier molecular flexibility index (Phi) is 11.4. The number of benzene rings is 5. The molecule has 0 amide bonds. The van der Waals surface area contributed by atoms with Gasteiger partial charge in [0, 0.05) is 0 Å². The van der Waals surface area contributed by atoms with Gasteiger partial charge < -0.3 is 0 Å². The van der Waals surface area contributed by atoms with Gasteiger partial charge in [0.15, 0.2) is 0 Å². The second-order valence-corrected chi connectivity index (χ2v) is 29.0. The van der Waals surface area contributed by atoms with Crippen LogP contribution in [0.5, 0.6) is 0 Å². The second kappa shape index (κ2) is 14.5. The van der Waals surface area contributed by atoms with E-state index in [1.165, 1.54) is 91.0 Å². The molecular formula is C44H41F9LiO2Sb. The van der Waals surface area contributed by atoms with E-state index in [0.29, 0.717) is 17.2 Å². The maximum Gasteiger partial charge on any atom is 1.00 e. The number of hydrogen-bond acceptors (Lipinski definition) is 2. The van der Waals surface area contributed by atoms with Crippen LogP contribution in [-0.4, -0.2) is 36.3 Å². The van der Waals surface area contributed by atoms with Gasteiger partial charge in [0.25, 0.3) is 0 Å². The zero-order chi connectivity index (χ0) is 41.4. The molecule has 2 atom stereocenters. The third kappa shape index (κ3) is 6.59. The van der Waals surface area contributed by atoms with Crippen LogP contribution in [0.1, 0.15) is 73.2 Å². The number of hydrogen-bond donors (Lipinski definition) is 0. The first kappa shape index (κ1) is 44.9. The van der Waals surface area contributed by atoms with Crippen LogP contribution in [0.4, 0.5) is 39.5 Å². The predicted molar refractivity (Wildman–Crippen MR) is 200 cm³/mol. The molecule has 0 saturated heterocycles. The molecule has 2 nitrogen and oxygen atoms in total. The SMILES string of the molecule is CC(C)(C)c1cc[c]([Sb]2([c]3ccc(C(C)(C)C)cc3)([C@@H](c3ccccc3)[C@]([O-])(c3ccccc3)C(F)(F)F)[O]C(C(F)(F)F)(C(F)(F)F)c3cccc[c]32)cc1.[Li+]. The molecule has 0 aromatic heterocycles. The molecule has 0 fully saturated rings. The average Bonchev–Trinajstić information content (AvgIpc) is 3.42. The molecule has 0 saturated carbocycles. The first-order valence-corrected chi connectivity index (χ1v) is 24.2. The summed E-state index contributed by atoms with van der Waals surface area (Å²) in [7, 11) is 0. The fourth-order valence-corrected chi connectivity index (χ4v) is 29.2. The van der Waals surface area contributed by atoms with Crippen molar-refractivity contribution in [3.05, 3.63) is 161 Å². The molecule has 0 bridgehead atoms. The monoisotopic (exact) mass is 900 g/mol. The summed E-state index contributed by atoms with van der Waals surface area (Å²) in [6, 6.07) is 26.7. The summed E-state index contributed by atoms with van der Waals surface area (Å²) in [5.74, 6) is 0. The van der Waals surface area contributed by atoms with Gasteiger partial charge in [-0.1, -0.05) is 0 Å². The van der Waals surface area contributed by atoms with Crippen LogP contribution < -0.4 is 34.5 Å². The summed E-state index contributed by atoms with van der Waals surface area (Å²) in [6.45, 7) is 11.0. The number of fused-ring (bicyclic) bond motifs is 1. The topological polar surface area (TPSA) is 32.3 Å². The fourth-order valence-electron chi connectivity index (χ4n) is 8.31. The van der Waals surface area contributed by atoms with Gasteiger partial charge in [0.1, 0.15) is 0 Å². The van der Waals surface area contributed by atoms with Crippen LogP contribution >= 0.6 is 0 Å². The summed E-state index contributed by atoms with van der Waals surface area (Å²) < 4.78 is 147. The third-order valence-electron chi connectivity index (χ3n) is 11.0. The fraction of sp³-hybridized carbons (Fsp3) is 0.318. The van der Waals surface area contributed by atoms with E-state index in [9.17, 15) is 0 Å². The Morgan fingerprint density at radius 3 is 1.28 bits per heavy atom. The summed E-state index contributed by atoms with van der Waals surface area (Å²) in [5.41, 5.74) is -12.3. The third-order valence-corrected chi connectivity index (χ3v) is 29.0. The van der Waals surface area contributed by atoms with Gasteiger partial charge in [-0.2, -0.15) is 0 Å². The molecule has 57 heavy (non-hydrogen) atoms. The van der Waals surface area contributed by atoms with Crippen molar-refractivity contribution in [3.63, 3.8) is 0 Å². The van der Waals surface area contributed by atoms with Crippen molar-refractivity contribution < 1.29 is 66.5 Å². The van der Waals surface area contributed by atoms with E-state index in [4.69, 9.17) is 3.02 Å². The van der Waals surface area contributed by atoms with Crippen LogP contribution in [0.25, 0.3) is 0 Å². The molecule has 0 unspecified atom stereocenters. The van der Waals surface area contributed by atoms with Crippen LogP contribution in [0.3, 0.4) is 0 Å². The minimum atomic E-state index is -8.13. The van der Waals surface area contributed by atoms with Crippen molar-refractivity contribution in [1.29, 1.82) is 0 Å².